The lowest BCUT2D eigenvalue weighted by Crippen LogP contribution is -2.39. The minimum Gasteiger partial charge on any atom is -0.444 e. The summed E-state index contributed by atoms with van der Waals surface area (Å²) in [4.78, 5) is 11.0. The molecule has 1 aromatic carbocycles. The van der Waals surface area contributed by atoms with Crippen molar-refractivity contribution in [1.82, 2.24) is 5.32 Å². The van der Waals surface area contributed by atoms with E-state index in [2.05, 4.69) is 5.32 Å². The van der Waals surface area contributed by atoms with E-state index in [1.165, 1.54) is 6.07 Å². The van der Waals surface area contributed by atoms with Crippen LogP contribution in [0.25, 0.3) is 0 Å². The third kappa shape index (κ3) is 2.14. The van der Waals surface area contributed by atoms with E-state index < -0.39 is 12.2 Å². The SMILES string of the molecule is NCC1NC(=O)OC1Cc1ccccc1F. The van der Waals surface area contributed by atoms with E-state index in [1.54, 1.807) is 18.2 Å². The van der Waals surface area contributed by atoms with E-state index in [9.17, 15) is 9.18 Å². The highest BCUT2D eigenvalue weighted by molar-refractivity contribution is 5.70. The molecule has 4 nitrogen and oxygen atoms in total. The van der Waals surface area contributed by atoms with Gasteiger partial charge in [0.2, 0.25) is 0 Å². The molecule has 16 heavy (non-hydrogen) atoms. The number of halogens is 1. The minimum absolute atomic E-state index is 0.243. The van der Waals surface area contributed by atoms with Gasteiger partial charge in [-0.15, -0.1) is 0 Å². The molecule has 1 amide bonds. The second-order valence-corrected chi connectivity index (χ2v) is 3.73. The summed E-state index contributed by atoms with van der Waals surface area (Å²) in [7, 11) is 0. The standard InChI is InChI=1S/C11H13FN2O2/c12-8-4-2-1-3-7(8)5-10-9(6-13)14-11(15)16-10/h1-4,9-10H,5-6,13H2,(H,14,15). The molecular formula is C11H13FN2O2. The highest BCUT2D eigenvalue weighted by Gasteiger charge is 2.33. The van der Waals surface area contributed by atoms with E-state index >= 15 is 0 Å². The Morgan fingerprint density at radius 1 is 1.44 bits per heavy atom. The van der Waals surface area contributed by atoms with E-state index in [-0.39, 0.29) is 18.4 Å². The molecule has 2 unspecified atom stereocenters. The summed E-state index contributed by atoms with van der Waals surface area (Å²) in [6, 6.07) is 6.19. The van der Waals surface area contributed by atoms with Crippen molar-refractivity contribution in [2.75, 3.05) is 6.54 Å². The maximum Gasteiger partial charge on any atom is 0.407 e. The van der Waals surface area contributed by atoms with Crippen molar-refractivity contribution in [3.63, 3.8) is 0 Å². The zero-order valence-electron chi connectivity index (χ0n) is 8.65. The molecule has 1 fully saturated rings. The number of benzene rings is 1. The summed E-state index contributed by atoms with van der Waals surface area (Å²) in [6.07, 6.45) is -0.543. The summed E-state index contributed by atoms with van der Waals surface area (Å²) < 4.78 is 18.4. The van der Waals surface area contributed by atoms with Crippen molar-refractivity contribution in [2.24, 2.45) is 5.73 Å². The number of alkyl carbamates (subject to hydrolysis) is 1. The second-order valence-electron chi connectivity index (χ2n) is 3.73. The Morgan fingerprint density at radius 2 is 2.19 bits per heavy atom. The number of ether oxygens (including phenoxy) is 1. The molecule has 2 atom stereocenters. The van der Waals surface area contributed by atoms with Gasteiger partial charge in [0.1, 0.15) is 11.9 Å². The fraction of sp³-hybridized carbons (Fsp3) is 0.364. The lowest BCUT2D eigenvalue weighted by atomic mass is 10.0. The number of hydrogen-bond donors (Lipinski definition) is 2. The molecule has 1 aliphatic rings. The monoisotopic (exact) mass is 224 g/mol. The quantitative estimate of drug-likeness (QED) is 0.798. The number of amides is 1. The van der Waals surface area contributed by atoms with Crippen LogP contribution >= 0.6 is 0 Å². The molecule has 1 aromatic rings. The van der Waals surface area contributed by atoms with Crippen LogP contribution in [-0.2, 0) is 11.2 Å². The molecule has 3 N–H and O–H groups in total. The molecular weight excluding hydrogens is 211 g/mol. The highest BCUT2D eigenvalue weighted by Crippen LogP contribution is 2.16. The first-order valence-electron chi connectivity index (χ1n) is 5.11. The molecule has 86 valence electrons. The lowest BCUT2D eigenvalue weighted by molar-refractivity contribution is 0.131. The third-order valence-electron chi connectivity index (χ3n) is 2.64. The van der Waals surface area contributed by atoms with Gasteiger partial charge >= 0.3 is 6.09 Å². The Labute approximate surface area is 92.6 Å². The molecule has 2 rings (SSSR count). The summed E-state index contributed by atoms with van der Waals surface area (Å²) in [5.74, 6) is -0.291. The predicted octanol–water partition coefficient (Wildman–Crippen LogP) is 0.804. The zero-order chi connectivity index (χ0) is 11.5. The molecule has 5 heteroatoms. The Morgan fingerprint density at radius 3 is 2.88 bits per heavy atom. The molecule has 0 aliphatic carbocycles. The summed E-state index contributed by atoms with van der Waals surface area (Å²) >= 11 is 0. The first-order valence-corrected chi connectivity index (χ1v) is 5.11. The molecule has 0 bridgehead atoms. The Kier molecular flexibility index (Phi) is 3.05. The Balaban J connectivity index is 2.10. The van der Waals surface area contributed by atoms with Gasteiger partial charge in [0.05, 0.1) is 6.04 Å². The van der Waals surface area contributed by atoms with Crippen LogP contribution in [0, 0.1) is 5.82 Å². The fourth-order valence-electron chi connectivity index (χ4n) is 1.77. The highest BCUT2D eigenvalue weighted by atomic mass is 19.1. The number of nitrogens with one attached hydrogen (secondary N) is 1. The molecule has 0 radical (unpaired) electrons. The van der Waals surface area contributed by atoms with Gasteiger partial charge in [-0.25, -0.2) is 9.18 Å². The Bertz CT molecular complexity index is 397. The number of hydrogen-bond acceptors (Lipinski definition) is 3. The summed E-state index contributed by atoms with van der Waals surface area (Å²) in [6.45, 7) is 0.283. The van der Waals surface area contributed by atoms with E-state index in [4.69, 9.17) is 10.5 Å². The predicted molar refractivity (Wildman–Crippen MR) is 56.4 cm³/mol. The summed E-state index contributed by atoms with van der Waals surface area (Å²) in [5, 5.41) is 2.58. The molecule has 0 spiro atoms. The van der Waals surface area contributed by atoms with Crippen LogP contribution in [0.15, 0.2) is 24.3 Å². The number of carbonyl (C=O) groups is 1. The lowest BCUT2D eigenvalue weighted by Gasteiger charge is -2.15. The van der Waals surface area contributed by atoms with Gasteiger partial charge < -0.3 is 15.8 Å². The average molecular weight is 224 g/mol. The average Bonchev–Trinajstić information content (AvgIpc) is 2.62. The van der Waals surface area contributed by atoms with Gasteiger partial charge in [-0.3, -0.25) is 0 Å². The van der Waals surface area contributed by atoms with E-state index in [0.717, 1.165) is 0 Å². The fourth-order valence-corrected chi connectivity index (χ4v) is 1.77. The summed E-state index contributed by atoms with van der Waals surface area (Å²) in [5.41, 5.74) is 6.02. The van der Waals surface area contributed by atoms with E-state index in [0.29, 0.717) is 12.0 Å². The largest absolute Gasteiger partial charge is 0.444 e. The zero-order valence-corrected chi connectivity index (χ0v) is 8.65. The normalized spacial score (nSPS) is 24.0. The first kappa shape index (κ1) is 10.9. The minimum atomic E-state index is -0.489. The number of rotatable bonds is 3. The van der Waals surface area contributed by atoms with E-state index in [1.807, 2.05) is 0 Å². The van der Waals surface area contributed by atoms with Crippen molar-refractivity contribution in [3.05, 3.63) is 35.6 Å². The van der Waals surface area contributed by atoms with Crippen LogP contribution in [-0.4, -0.2) is 24.8 Å². The van der Waals surface area contributed by atoms with Crippen molar-refractivity contribution in [2.45, 2.75) is 18.6 Å². The van der Waals surface area contributed by atoms with Crippen molar-refractivity contribution >= 4 is 6.09 Å². The van der Waals surface area contributed by atoms with Crippen LogP contribution in [0.4, 0.5) is 9.18 Å². The topological polar surface area (TPSA) is 64.3 Å². The molecule has 0 saturated carbocycles. The molecule has 0 aromatic heterocycles. The molecule has 1 heterocycles. The Hall–Kier alpha value is -1.62. The molecule has 1 aliphatic heterocycles. The first-order chi connectivity index (χ1) is 7.70. The van der Waals surface area contributed by atoms with Gasteiger partial charge in [-0.05, 0) is 11.6 Å². The number of cyclic esters (lactones) is 1. The smallest absolute Gasteiger partial charge is 0.407 e. The van der Waals surface area contributed by atoms with Crippen LogP contribution in [0.1, 0.15) is 5.56 Å². The van der Waals surface area contributed by atoms with Crippen molar-refractivity contribution in [1.29, 1.82) is 0 Å². The van der Waals surface area contributed by atoms with Crippen molar-refractivity contribution < 1.29 is 13.9 Å². The van der Waals surface area contributed by atoms with Crippen molar-refractivity contribution in [3.8, 4) is 0 Å². The second kappa shape index (κ2) is 4.49. The van der Waals surface area contributed by atoms with Crippen LogP contribution < -0.4 is 11.1 Å². The third-order valence-corrected chi connectivity index (χ3v) is 2.64. The van der Waals surface area contributed by atoms with Crippen LogP contribution in [0.5, 0.6) is 0 Å². The van der Waals surface area contributed by atoms with Gasteiger partial charge in [-0.2, -0.15) is 0 Å². The van der Waals surface area contributed by atoms with Crippen LogP contribution in [0.2, 0.25) is 0 Å². The van der Waals surface area contributed by atoms with Crippen LogP contribution in [0.3, 0.4) is 0 Å². The van der Waals surface area contributed by atoms with Gasteiger partial charge in [0.25, 0.3) is 0 Å². The number of nitrogens with two attached hydrogens (primary N) is 1. The van der Waals surface area contributed by atoms with Gasteiger partial charge in [0, 0.05) is 13.0 Å². The number of carbonyl (C=O) groups excluding carboxylic acids is 1. The maximum absolute atomic E-state index is 13.4. The van der Waals surface area contributed by atoms with Gasteiger partial charge in [0.15, 0.2) is 0 Å². The molecule has 1 saturated heterocycles. The maximum atomic E-state index is 13.4. The van der Waals surface area contributed by atoms with Gasteiger partial charge in [-0.1, -0.05) is 18.2 Å².